The molecule has 106 valence electrons. The summed E-state index contributed by atoms with van der Waals surface area (Å²) in [6, 6.07) is 0. The van der Waals surface area contributed by atoms with Gasteiger partial charge in [-0.15, -0.1) is 0 Å². The maximum Gasteiger partial charge on any atom is 0.307 e. The summed E-state index contributed by atoms with van der Waals surface area (Å²) >= 11 is 0. The quantitative estimate of drug-likeness (QED) is 0.507. The lowest BCUT2D eigenvalue weighted by Crippen LogP contribution is -2.30. The second-order valence-corrected chi connectivity index (χ2v) is 5.19. The number of hydrogen-bond donors (Lipinski definition) is 2. The van der Waals surface area contributed by atoms with E-state index in [0.29, 0.717) is 25.9 Å². The standard InChI is InChI=1S/C13H26N2O3/c1-5-8-15-11(16)6-9-14-10-7-12(17)18-13(2,3)4/h14H,5-10H2,1-4H3,(H,15,16). The van der Waals surface area contributed by atoms with Gasteiger partial charge >= 0.3 is 5.97 Å². The highest BCUT2D eigenvalue weighted by Crippen LogP contribution is 2.07. The second kappa shape index (κ2) is 8.91. The van der Waals surface area contributed by atoms with E-state index in [0.717, 1.165) is 13.0 Å². The lowest BCUT2D eigenvalue weighted by molar-refractivity contribution is -0.154. The Morgan fingerprint density at radius 2 is 1.67 bits per heavy atom. The van der Waals surface area contributed by atoms with Crippen LogP contribution in [0.5, 0.6) is 0 Å². The van der Waals surface area contributed by atoms with Gasteiger partial charge in [-0.25, -0.2) is 0 Å². The molecule has 0 radical (unpaired) electrons. The molecule has 5 nitrogen and oxygen atoms in total. The predicted molar refractivity (Wildman–Crippen MR) is 71.2 cm³/mol. The third-order valence-electron chi connectivity index (χ3n) is 2.03. The highest BCUT2D eigenvalue weighted by molar-refractivity contribution is 5.76. The molecule has 0 spiro atoms. The van der Waals surface area contributed by atoms with Gasteiger partial charge in [-0.2, -0.15) is 0 Å². The molecular formula is C13H26N2O3. The second-order valence-electron chi connectivity index (χ2n) is 5.19. The van der Waals surface area contributed by atoms with Crippen molar-refractivity contribution in [2.45, 2.75) is 52.6 Å². The van der Waals surface area contributed by atoms with Crippen molar-refractivity contribution < 1.29 is 14.3 Å². The van der Waals surface area contributed by atoms with Crippen LogP contribution in [0.3, 0.4) is 0 Å². The summed E-state index contributed by atoms with van der Waals surface area (Å²) in [6.45, 7) is 9.38. The average Bonchev–Trinajstić information content (AvgIpc) is 2.23. The van der Waals surface area contributed by atoms with E-state index in [-0.39, 0.29) is 11.9 Å². The number of carbonyl (C=O) groups excluding carboxylic acids is 2. The minimum atomic E-state index is -0.433. The van der Waals surface area contributed by atoms with Crippen molar-refractivity contribution >= 4 is 11.9 Å². The molecule has 2 N–H and O–H groups in total. The fraction of sp³-hybridized carbons (Fsp3) is 0.846. The first-order valence-corrected chi connectivity index (χ1v) is 6.54. The Balaban J connectivity index is 3.45. The fourth-order valence-corrected chi connectivity index (χ4v) is 1.26. The van der Waals surface area contributed by atoms with Crippen molar-refractivity contribution in [1.29, 1.82) is 0 Å². The molecule has 0 saturated carbocycles. The SMILES string of the molecule is CCCNC(=O)CCNCCC(=O)OC(C)(C)C. The van der Waals surface area contributed by atoms with Crippen molar-refractivity contribution in [2.75, 3.05) is 19.6 Å². The number of esters is 1. The van der Waals surface area contributed by atoms with E-state index in [9.17, 15) is 9.59 Å². The van der Waals surface area contributed by atoms with Crippen LogP contribution < -0.4 is 10.6 Å². The van der Waals surface area contributed by atoms with Crippen LogP contribution in [0, 0.1) is 0 Å². The molecule has 0 aromatic rings. The maximum atomic E-state index is 11.4. The molecule has 0 aliphatic carbocycles. The number of amides is 1. The van der Waals surface area contributed by atoms with E-state index in [4.69, 9.17) is 4.74 Å². The van der Waals surface area contributed by atoms with Crippen molar-refractivity contribution in [3.8, 4) is 0 Å². The molecule has 5 heteroatoms. The van der Waals surface area contributed by atoms with E-state index in [1.165, 1.54) is 0 Å². The zero-order valence-electron chi connectivity index (χ0n) is 12.0. The van der Waals surface area contributed by atoms with Crippen LogP contribution in [0.4, 0.5) is 0 Å². The summed E-state index contributed by atoms with van der Waals surface area (Å²) in [7, 11) is 0. The molecular weight excluding hydrogens is 232 g/mol. The Kier molecular flexibility index (Phi) is 8.37. The van der Waals surface area contributed by atoms with Gasteiger partial charge in [0, 0.05) is 26.1 Å². The van der Waals surface area contributed by atoms with Gasteiger partial charge in [0.05, 0.1) is 6.42 Å². The zero-order chi connectivity index (χ0) is 14.0. The van der Waals surface area contributed by atoms with E-state index in [1.807, 2.05) is 27.7 Å². The molecule has 0 saturated heterocycles. The fourth-order valence-electron chi connectivity index (χ4n) is 1.26. The molecule has 0 unspecified atom stereocenters. The lowest BCUT2D eigenvalue weighted by Gasteiger charge is -2.19. The molecule has 0 aliphatic heterocycles. The summed E-state index contributed by atoms with van der Waals surface area (Å²) < 4.78 is 5.16. The van der Waals surface area contributed by atoms with Gasteiger partial charge in [0.2, 0.25) is 5.91 Å². The Morgan fingerprint density at radius 1 is 1.06 bits per heavy atom. The maximum absolute atomic E-state index is 11.4. The highest BCUT2D eigenvalue weighted by atomic mass is 16.6. The third-order valence-corrected chi connectivity index (χ3v) is 2.03. The predicted octanol–water partition coefficient (Wildman–Crippen LogP) is 1.22. The molecule has 0 aromatic heterocycles. The average molecular weight is 258 g/mol. The van der Waals surface area contributed by atoms with Gasteiger partial charge in [-0.3, -0.25) is 9.59 Å². The van der Waals surface area contributed by atoms with Crippen LogP contribution in [-0.4, -0.2) is 37.1 Å². The minimum absolute atomic E-state index is 0.0432. The summed E-state index contributed by atoms with van der Waals surface area (Å²) in [6.07, 6.45) is 1.71. The molecule has 18 heavy (non-hydrogen) atoms. The molecule has 0 aliphatic rings. The monoisotopic (exact) mass is 258 g/mol. The Hall–Kier alpha value is -1.10. The third kappa shape index (κ3) is 11.4. The van der Waals surface area contributed by atoms with Gasteiger partial charge in [0.15, 0.2) is 0 Å². The van der Waals surface area contributed by atoms with Crippen molar-refractivity contribution in [1.82, 2.24) is 10.6 Å². The first kappa shape index (κ1) is 16.9. The van der Waals surface area contributed by atoms with Crippen LogP contribution >= 0.6 is 0 Å². The van der Waals surface area contributed by atoms with Crippen LogP contribution in [-0.2, 0) is 14.3 Å². The van der Waals surface area contributed by atoms with E-state index in [2.05, 4.69) is 10.6 Å². The Labute approximate surface area is 110 Å². The minimum Gasteiger partial charge on any atom is -0.460 e. The highest BCUT2D eigenvalue weighted by Gasteiger charge is 2.15. The molecule has 0 aromatic carbocycles. The molecule has 0 heterocycles. The van der Waals surface area contributed by atoms with Gasteiger partial charge < -0.3 is 15.4 Å². The van der Waals surface area contributed by atoms with Gasteiger partial charge in [0.25, 0.3) is 0 Å². The summed E-state index contributed by atoms with van der Waals surface area (Å²) in [5, 5.41) is 5.84. The van der Waals surface area contributed by atoms with Crippen molar-refractivity contribution in [3.05, 3.63) is 0 Å². The first-order chi connectivity index (χ1) is 8.35. The Morgan fingerprint density at radius 3 is 2.22 bits per heavy atom. The van der Waals surface area contributed by atoms with Gasteiger partial charge in [-0.05, 0) is 27.2 Å². The van der Waals surface area contributed by atoms with E-state index in [1.54, 1.807) is 0 Å². The number of hydrogen-bond acceptors (Lipinski definition) is 4. The summed E-state index contributed by atoms with van der Waals surface area (Å²) in [5.41, 5.74) is -0.433. The molecule has 1 amide bonds. The van der Waals surface area contributed by atoms with Crippen LogP contribution in [0.2, 0.25) is 0 Å². The number of rotatable bonds is 8. The topological polar surface area (TPSA) is 67.4 Å². The summed E-state index contributed by atoms with van der Waals surface area (Å²) in [5.74, 6) is -0.174. The van der Waals surface area contributed by atoms with Crippen molar-refractivity contribution in [2.24, 2.45) is 0 Å². The van der Waals surface area contributed by atoms with Gasteiger partial charge in [-0.1, -0.05) is 6.92 Å². The number of nitrogens with one attached hydrogen (secondary N) is 2. The largest absolute Gasteiger partial charge is 0.460 e. The summed E-state index contributed by atoms with van der Waals surface area (Å²) in [4.78, 5) is 22.6. The number of ether oxygens (including phenoxy) is 1. The van der Waals surface area contributed by atoms with Crippen molar-refractivity contribution in [3.63, 3.8) is 0 Å². The Bertz CT molecular complexity index is 259. The van der Waals surface area contributed by atoms with E-state index >= 15 is 0 Å². The number of carbonyl (C=O) groups is 2. The smallest absolute Gasteiger partial charge is 0.307 e. The van der Waals surface area contributed by atoms with E-state index < -0.39 is 5.60 Å². The van der Waals surface area contributed by atoms with Crippen LogP contribution in [0.25, 0.3) is 0 Å². The normalized spacial score (nSPS) is 11.1. The molecule has 0 fully saturated rings. The molecule has 0 bridgehead atoms. The zero-order valence-corrected chi connectivity index (χ0v) is 12.0. The van der Waals surface area contributed by atoms with Crippen LogP contribution in [0.1, 0.15) is 47.0 Å². The molecule has 0 atom stereocenters. The van der Waals surface area contributed by atoms with Crippen LogP contribution in [0.15, 0.2) is 0 Å². The lowest BCUT2D eigenvalue weighted by atomic mass is 10.2. The first-order valence-electron chi connectivity index (χ1n) is 6.54. The van der Waals surface area contributed by atoms with Gasteiger partial charge in [0.1, 0.15) is 5.60 Å². The molecule has 0 rings (SSSR count).